The predicted molar refractivity (Wildman–Crippen MR) is 101 cm³/mol. The van der Waals surface area contributed by atoms with Crippen molar-refractivity contribution in [3.05, 3.63) is 64.3 Å². The van der Waals surface area contributed by atoms with Gasteiger partial charge in [0.15, 0.2) is 0 Å². The zero-order chi connectivity index (χ0) is 19.0. The molecule has 0 radical (unpaired) electrons. The van der Waals surface area contributed by atoms with Crippen molar-refractivity contribution in [1.29, 1.82) is 0 Å². The van der Waals surface area contributed by atoms with Crippen LogP contribution in [-0.4, -0.2) is 42.7 Å². The van der Waals surface area contributed by atoms with Gasteiger partial charge in [-0.2, -0.15) is 0 Å². The van der Waals surface area contributed by atoms with Gasteiger partial charge in [0.1, 0.15) is 22.2 Å². The lowest BCUT2D eigenvalue weighted by atomic mass is 9.97. The summed E-state index contributed by atoms with van der Waals surface area (Å²) in [6.07, 6.45) is 1.43. The van der Waals surface area contributed by atoms with Gasteiger partial charge >= 0.3 is 0 Å². The Hall–Kier alpha value is -2.77. The maximum Gasteiger partial charge on any atom is 0.225 e. The normalized spacial score (nSPS) is 17.2. The van der Waals surface area contributed by atoms with Crippen LogP contribution in [0.4, 0.5) is 15.8 Å². The standard InChI is InChI=1S/C19H16ClFN4O2/c20-15-17(18(26)12-2-1-5-23-16(12)19(15)27)24-11-3-4-14(13(21)10-11)25-8-6-22-7-9-25/h1-5,10,22,24H,6-9H2. The van der Waals surface area contributed by atoms with Crippen LogP contribution in [0.2, 0.25) is 0 Å². The van der Waals surface area contributed by atoms with Crippen molar-refractivity contribution in [3.63, 3.8) is 0 Å². The molecule has 0 unspecified atom stereocenters. The number of halogens is 2. The maximum atomic E-state index is 14.6. The molecular formula is C19H16ClFN4O2. The fraction of sp³-hybridized carbons (Fsp3) is 0.211. The van der Waals surface area contributed by atoms with Gasteiger partial charge in [0.25, 0.3) is 0 Å². The van der Waals surface area contributed by atoms with Crippen LogP contribution in [0.5, 0.6) is 0 Å². The fourth-order valence-corrected chi connectivity index (χ4v) is 3.45. The van der Waals surface area contributed by atoms with Crippen LogP contribution < -0.4 is 15.5 Å². The van der Waals surface area contributed by atoms with E-state index >= 15 is 0 Å². The number of aromatic nitrogens is 1. The van der Waals surface area contributed by atoms with Crippen molar-refractivity contribution in [3.8, 4) is 0 Å². The van der Waals surface area contributed by atoms with E-state index in [4.69, 9.17) is 11.6 Å². The van der Waals surface area contributed by atoms with Crippen molar-refractivity contribution in [1.82, 2.24) is 10.3 Å². The van der Waals surface area contributed by atoms with Gasteiger partial charge in [-0.05, 0) is 30.3 Å². The molecule has 1 fully saturated rings. The van der Waals surface area contributed by atoms with E-state index in [-0.39, 0.29) is 22.0 Å². The van der Waals surface area contributed by atoms with Gasteiger partial charge in [0, 0.05) is 38.1 Å². The molecule has 8 heteroatoms. The van der Waals surface area contributed by atoms with Gasteiger partial charge in [0.05, 0.1) is 11.3 Å². The Labute approximate surface area is 160 Å². The van der Waals surface area contributed by atoms with E-state index in [1.54, 1.807) is 18.2 Å². The molecule has 6 nitrogen and oxygen atoms in total. The Morgan fingerprint density at radius 3 is 2.67 bits per heavy atom. The van der Waals surface area contributed by atoms with Crippen molar-refractivity contribution < 1.29 is 14.0 Å². The second-order valence-corrected chi connectivity index (χ2v) is 6.65. The molecule has 2 heterocycles. The first-order chi connectivity index (χ1) is 13.1. The van der Waals surface area contributed by atoms with Crippen molar-refractivity contribution in [2.75, 3.05) is 36.4 Å². The van der Waals surface area contributed by atoms with Crippen LogP contribution >= 0.6 is 11.6 Å². The number of pyridine rings is 1. The minimum Gasteiger partial charge on any atom is -0.367 e. The van der Waals surface area contributed by atoms with E-state index in [0.717, 1.165) is 26.2 Å². The third-order valence-electron chi connectivity index (χ3n) is 4.59. The molecule has 0 bridgehead atoms. The zero-order valence-corrected chi connectivity index (χ0v) is 15.0. The van der Waals surface area contributed by atoms with Crippen molar-refractivity contribution in [2.45, 2.75) is 0 Å². The highest BCUT2D eigenvalue weighted by atomic mass is 35.5. The molecule has 4 rings (SSSR count). The highest BCUT2D eigenvalue weighted by Gasteiger charge is 2.32. The SMILES string of the molecule is O=C1C(Nc2ccc(N3CCNCC3)c(F)c2)=C(Cl)C(=O)c2ncccc21. The van der Waals surface area contributed by atoms with Gasteiger partial charge in [-0.1, -0.05) is 11.6 Å². The Morgan fingerprint density at radius 1 is 1.15 bits per heavy atom. The minimum atomic E-state index is -0.535. The molecule has 0 amide bonds. The Balaban J connectivity index is 1.62. The number of anilines is 2. The monoisotopic (exact) mass is 386 g/mol. The number of fused-ring (bicyclic) bond motifs is 1. The third-order valence-corrected chi connectivity index (χ3v) is 4.95. The first kappa shape index (κ1) is 17.6. The molecule has 1 saturated heterocycles. The lowest BCUT2D eigenvalue weighted by Crippen LogP contribution is -2.43. The Bertz CT molecular complexity index is 970. The topological polar surface area (TPSA) is 74.3 Å². The second-order valence-electron chi connectivity index (χ2n) is 6.28. The summed E-state index contributed by atoms with van der Waals surface area (Å²) >= 11 is 6.10. The van der Waals surface area contributed by atoms with Crippen LogP contribution in [0.15, 0.2) is 47.3 Å². The van der Waals surface area contributed by atoms with Gasteiger partial charge in [0.2, 0.25) is 11.6 Å². The van der Waals surface area contributed by atoms with Gasteiger partial charge in [-0.15, -0.1) is 0 Å². The summed E-state index contributed by atoms with van der Waals surface area (Å²) in [5.74, 6) is -1.39. The van der Waals surface area contributed by atoms with E-state index in [1.807, 2.05) is 4.90 Å². The predicted octanol–water partition coefficient (Wildman–Crippen LogP) is 2.57. The lowest BCUT2D eigenvalue weighted by Gasteiger charge is -2.30. The zero-order valence-electron chi connectivity index (χ0n) is 14.3. The van der Waals surface area contributed by atoms with Crippen LogP contribution in [0.3, 0.4) is 0 Å². The average molecular weight is 387 g/mol. The highest BCUT2D eigenvalue weighted by molar-refractivity contribution is 6.50. The number of rotatable bonds is 3. The van der Waals surface area contributed by atoms with E-state index in [9.17, 15) is 14.0 Å². The lowest BCUT2D eigenvalue weighted by molar-refractivity contribution is 0.0978. The molecular weight excluding hydrogens is 371 g/mol. The largest absolute Gasteiger partial charge is 0.367 e. The van der Waals surface area contributed by atoms with E-state index in [2.05, 4.69) is 15.6 Å². The van der Waals surface area contributed by atoms with Gasteiger partial charge < -0.3 is 15.5 Å². The number of nitrogens with zero attached hydrogens (tertiary/aromatic N) is 2. The number of carbonyl (C=O) groups excluding carboxylic acids is 2. The Kier molecular flexibility index (Phi) is 4.63. The quantitative estimate of drug-likeness (QED) is 0.844. The average Bonchev–Trinajstić information content (AvgIpc) is 2.70. The molecule has 2 N–H and O–H groups in total. The summed E-state index contributed by atoms with van der Waals surface area (Å²) in [6, 6.07) is 7.70. The van der Waals surface area contributed by atoms with Crippen LogP contribution in [0.1, 0.15) is 20.8 Å². The number of hydrogen-bond donors (Lipinski definition) is 2. The molecule has 2 aromatic rings. The molecule has 0 saturated carbocycles. The van der Waals surface area contributed by atoms with Crippen LogP contribution in [0, 0.1) is 5.82 Å². The minimum absolute atomic E-state index is 0.0262. The number of ketones is 2. The summed E-state index contributed by atoms with van der Waals surface area (Å²) in [4.78, 5) is 30.9. The molecule has 0 atom stereocenters. The molecule has 1 aliphatic carbocycles. The number of hydrogen-bond acceptors (Lipinski definition) is 6. The van der Waals surface area contributed by atoms with Crippen molar-refractivity contribution in [2.24, 2.45) is 0 Å². The number of allylic oxidation sites excluding steroid dienone is 2. The summed E-state index contributed by atoms with van der Waals surface area (Å²) in [5, 5.41) is 5.77. The Morgan fingerprint density at radius 2 is 1.93 bits per heavy atom. The molecule has 138 valence electrons. The van der Waals surface area contributed by atoms with E-state index in [0.29, 0.717) is 11.4 Å². The van der Waals surface area contributed by atoms with Gasteiger partial charge in [-0.25, -0.2) is 4.39 Å². The molecule has 27 heavy (non-hydrogen) atoms. The summed E-state index contributed by atoms with van der Waals surface area (Å²) in [5.41, 5.74) is 0.970. The maximum absolute atomic E-state index is 14.6. The molecule has 1 aromatic carbocycles. The van der Waals surface area contributed by atoms with E-state index in [1.165, 1.54) is 18.3 Å². The molecule has 0 spiro atoms. The first-order valence-electron chi connectivity index (χ1n) is 8.52. The third kappa shape index (κ3) is 3.20. The van der Waals surface area contributed by atoms with Crippen LogP contribution in [0.25, 0.3) is 0 Å². The van der Waals surface area contributed by atoms with Gasteiger partial charge in [-0.3, -0.25) is 14.6 Å². The fourth-order valence-electron chi connectivity index (χ4n) is 3.22. The molecule has 1 aliphatic heterocycles. The van der Waals surface area contributed by atoms with E-state index < -0.39 is 17.4 Å². The second kappa shape index (κ2) is 7.09. The smallest absolute Gasteiger partial charge is 0.225 e. The highest BCUT2D eigenvalue weighted by Crippen LogP contribution is 2.30. The van der Waals surface area contributed by atoms with Crippen molar-refractivity contribution >= 4 is 34.5 Å². The molecule has 2 aliphatic rings. The number of nitrogens with one attached hydrogen (secondary N) is 2. The number of carbonyl (C=O) groups is 2. The summed E-state index contributed by atoms with van der Waals surface area (Å²) in [6.45, 7) is 3.03. The summed E-state index contributed by atoms with van der Waals surface area (Å²) < 4.78 is 14.6. The number of piperazine rings is 1. The number of benzene rings is 1. The first-order valence-corrected chi connectivity index (χ1v) is 8.90. The van der Waals surface area contributed by atoms with Crippen LogP contribution in [-0.2, 0) is 0 Å². The summed E-state index contributed by atoms with van der Waals surface area (Å²) in [7, 11) is 0. The molecule has 1 aromatic heterocycles. The number of Topliss-reactive ketones (excluding diaryl/α,β-unsaturated/α-hetero) is 2.